The van der Waals surface area contributed by atoms with Gasteiger partial charge in [-0.3, -0.25) is 4.98 Å². The number of imidazole rings is 1. The zero-order valence-electron chi connectivity index (χ0n) is 20.7. The number of nitrogens with one attached hydrogen (secondary N) is 2. The quantitative estimate of drug-likeness (QED) is 0.292. The number of aromatic nitrogens is 5. The van der Waals surface area contributed by atoms with E-state index in [9.17, 15) is 9.50 Å². The molecular weight excluding hydrogens is 457 g/mol. The highest BCUT2D eigenvalue weighted by Crippen LogP contribution is 2.33. The van der Waals surface area contributed by atoms with E-state index in [0.29, 0.717) is 37.3 Å². The highest BCUT2D eigenvalue weighted by Gasteiger charge is 2.22. The van der Waals surface area contributed by atoms with Gasteiger partial charge in [0.2, 0.25) is 5.95 Å². The van der Waals surface area contributed by atoms with Crippen LogP contribution in [0.4, 0.5) is 16.2 Å². The van der Waals surface area contributed by atoms with Crippen LogP contribution in [0.2, 0.25) is 0 Å². The lowest BCUT2D eigenvalue weighted by Crippen LogP contribution is -2.23. The minimum atomic E-state index is -0.769. The minimum absolute atomic E-state index is 0.281. The van der Waals surface area contributed by atoms with E-state index >= 15 is 0 Å². The van der Waals surface area contributed by atoms with Gasteiger partial charge in [0.1, 0.15) is 5.82 Å². The molecule has 4 aromatic rings. The molecule has 3 aromatic heterocycles. The second-order valence-electron chi connectivity index (χ2n) is 10.1. The highest BCUT2D eigenvalue weighted by atomic mass is 19.1. The lowest BCUT2D eigenvalue weighted by molar-refractivity contribution is 0.0748. The van der Waals surface area contributed by atoms with E-state index in [1.54, 1.807) is 26.1 Å². The van der Waals surface area contributed by atoms with Crippen molar-refractivity contribution >= 4 is 22.9 Å². The predicted molar refractivity (Wildman–Crippen MR) is 139 cm³/mol. The predicted octanol–water partition coefficient (Wildman–Crippen LogP) is 5.33. The number of nitrogens with zero attached hydrogens (tertiary/aromatic N) is 5. The summed E-state index contributed by atoms with van der Waals surface area (Å²) in [5.41, 5.74) is 3.20. The molecule has 0 bridgehead atoms. The summed E-state index contributed by atoms with van der Waals surface area (Å²) in [5.74, 6) is 0.877. The van der Waals surface area contributed by atoms with Crippen LogP contribution in [0.5, 0.6) is 0 Å². The zero-order valence-corrected chi connectivity index (χ0v) is 20.7. The molecule has 0 aliphatic heterocycles. The summed E-state index contributed by atoms with van der Waals surface area (Å²) in [6, 6.07) is 10.7. The Morgan fingerprint density at radius 2 is 1.92 bits per heavy atom. The number of halogens is 1. The third-order valence-corrected chi connectivity index (χ3v) is 6.56. The Labute approximate surface area is 210 Å². The van der Waals surface area contributed by atoms with Crippen LogP contribution in [-0.2, 0) is 6.54 Å². The van der Waals surface area contributed by atoms with Crippen LogP contribution in [0.15, 0.2) is 48.9 Å². The molecule has 1 aliphatic carbocycles. The SMILES string of the molecule is CC(C)(O)CCNc1nc(NCc2ccc(-c3cccc(F)c3)nc2)c2ncn(C3CCCC3)c2n1. The van der Waals surface area contributed by atoms with Crippen molar-refractivity contribution in [2.24, 2.45) is 0 Å². The van der Waals surface area contributed by atoms with Crippen molar-refractivity contribution in [3.05, 3.63) is 60.3 Å². The van der Waals surface area contributed by atoms with Crippen LogP contribution < -0.4 is 10.6 Å². The Morgan fingerprint density at radius 3 is 2.64 bits per heavy atom. The molecule has 1 aliphatic rings. The van der Waals surface area contributed by atoms with E-state index in [0.717, 1.165) is 40.8 Å². The number of rotatable bonds is 9. The summed E-state index contributed by atoms with van der Waals surface area (Å²) in [6.07, 6.45) is 8.92. The molecule has 5 rings (SSSR count). The minimum Gasteiger partial charge on any atom is -0.390 e. The largest absolute Gasteiger partial charge is 0.390 e. The number of benzene rings is 1. The normalized spacial score (nSPS) is 14.4. The van der Waals surface area contributed by atoms with Gasteiger partial charge in [0, 0.05) is 30.9 Å². The van der Waals surface area contributed by atoms with Crippen LogP contribution in [-0.4, -0.2) is 41.8 Å². The first-order valence-corrected chi connectivity index (χ1v) is 12.5. The molecular formula is C27H32FN7O. The Kier molecular flexibility index (Phi) is 6.82. The molecule has 0 saturated heterocycles. The number of hydrogen-bond donors (Lipinski definition) is 3. The molecule has 0 unspecified atom stereocenters. The van der Waals surface area contributed by atoms with Crippen molar-refractivity contribution in [1.82, 2.24) is 24.5 Å². The molecule has 9 heteroatoms. The van der Waals surface area contributed by atoms with Gasteiger partial charge in [-0.05, 0) is 56.9 Å². The second kappa shape index (κ2) is 10.2. The number of pyridine rings is 1. The Bertz CT molecular complexity index is 1320. The van der Waals surface area contributed by atoms with E-state index in [1.165, 1.54) is 25.0 Å². The van der Waals surface area contributed by atoms with E-state index in [2.05, 4.69) is 25.2 Å². The molecule has 0 amide bonds. The van der Waals surface area contributed by atoms with Gasteiger partial charge in [0.25, 0.3) is 0 Å². The molecule has 3 heterocycles. The second-order valence-corrected chi connectivity index (χ2v) is 10.1. The molecule has 0 atom stereocenters. The van der Waals surface area contributed by atoms with Crippen LogP contribution in [0.25, 0.3) is 22.4 Å². The van der Waals surface area contributed by atoms with Gasteiger partial charge in [-0.25, -0.2) is 9.37 Å². The summed E-state index contributed by atoms with van der Waals surface area (Å²) < 4.78 is 15.7. The van der Waals surface area contributed by atoms with Crippen molar-refractivity contribution in [1.29, 1.82) is 0 Å². The summed E-state index contributed by atoms with van der Waals surface area (Å²) in [5, 5.41) is 16.7. The first-order valence-electron chi connectivity index (χ1n) is 12.5. The fraction of sp³-hybridized carbons (Fsp3) is 0.407. The van der Waals surface area contributed by atoms with Gasteiger partial charge < -0.3 is 20.3 Å². The monoisotopic (exact) mass is 489 g/mol. The maximum atomic E-state index is 13.6. The Morgan fingerprint density at radius 1 is 1.08 bits per heavy atom. The van der Waals surface area contributed by atoms with Gasteiger partial charge in [0.05, 0.1) is 17.6 Å². The van der Waals surface area contributed by atoms with Gasteiger partial charge in [0.15, 0.2) is 17.0 Å². The molecule has 3 N–H and O–H groups in total. The van der Waals surface area contributed by atoms with Crippen molar-refractivity contribution in [3.8, 4) is 11.3 Å². The number of anilines is 2. The van der Waals surface area contributed by atoms with E-state index < -0.39 is 5.60 Å². The van der Waals surface area contributed by atoms with Crippen LogP contribution in [0.1, 0.15) is 57.6 Å². The van der Waals surface area contributed by atoms with Crippen molar-refractivity contribution in [2.75, 3.05) is 17.2 Å². The smallest absolute Gasteiger partial charge is 0.226 e. The fourth-order valence-corrected chi connectivity index (χ4v) is 4.58. The number of aliphatic hydroxyl groups is 1. The molecule has 1 saturated carbocycles. The third kappa shape index (κ3) is 5.62. The van der Waals surface area contributed by atoms with Gasteiger partial charge in [-0.1, -0.05) is 31.0 Å². The van der Waals surface area contributed by atoms with Gasteiger partial charge in [-0.2, -0.15) is 9.97 Å². The summed E-state index contributed by atoms with van der Waals surface area (Å²) >= 11 is 0. The first kappa shape index (κ1) is 24.1. The van der Waals surface area contributed by atoms with Gasteiger partial charge in [-0.15, -0.1) is 0 Å². The maximum Gasteiger partial charge on any atom is 0.226 e. The van der Waals surface area contributed by atoms with Crippen LogP contribution in [0, 0.1) is 5.82 Å². The van der Waals surface area contributed by atoms with Crippen LogP contribution in [0.3, 0.4) is 0 Å². The van der Waals surface area contributed by atoms with Crippen LogP contribution >= 0.6 is 0 Å². The molecule has 0 radical (unpaired) electrons. The zero-order chi connectivity index (χ0) is 25.1. The van der Waals surface area contributed by atoms with Crippen molar-refractivity contribution in [3.63, 3.8) is 0 Å². The summed E-state index contributed by atoms with van der Waals surface area (Å²) in [4.78, 5) is 18.6. The van der Waals surface area contributed by atoms with Crippen molar-refractivity contribution in [2.45, 2.75) is 64.1 Å². The maximum absolute atomic E-state index is 13.6. The first-order chi connectivity index (χ1) is 17.4. The third-order valence-electron chi connectivity index (χ3n) is 6.56. The number of fused-ring (bicyclic) bond motifs is 1. The molecule has 1 aromatic carbocycles. The lowest BCUT2D eigenvalue weighted by atomic mass is 10.1. The molecule has 1 fully saturated rings. The van der Waals surface area contributed by atoms with Crippen molar-refractivity contribution < 1.29 is 9.50 Å². The standard InChI is InChI=1S/C27H32FN7O/c1-27(2,36)12-13-29-26-33-24(23-25(34-26)35(17-32-23)21-8-3-4-9-21)31-16-18-10-11-22(30-15-18)19-6-5-7-20(28)14-19/h5-7,10-11,14-15,17,21,36H,3-4,8-9,12-13,16H2,1-2H3,(H2,29,31,33,34). The molecule has 188 valence electrons. The van der Waals surface area contributed by atoms with E-state index in [1.807, 2.05) is 24.5 Å². The fourth-order valence-electron chi connectivity index (χ4n) is 4.58. The Balaban J connectivity index is 1.37. The average Bonchev–Trinajstić information content (AvgIpc) is 3.52. The lowest BCUT2D eigenvalue weighted by Gasteiger charge is -2.17. The highest BCUT2D eigenvalue weighted by molar-refractivity contribution is 5.84. The summed E-state index contributed by atoms with van der Waals surface area (Å²) in [6.45, 7) is 4.63. The van der Waals surface area contributed by atoms with E-state index in [4.69, 9.17) is 9.97 Å². The molecule has 0 spiro atoms. The van der Waals surface area contributed by atoms with E-state index in [-0.39, 0.29) is 5.82 Å². The Hall–Kier alpha value is -3.59. The molecule has 8 nitrogen and oxygen atoms in total. The molecule has 36 heavy (non-hydrogen) atoms. The topological polar surface area (TPSA) is 101 Å². The average molecular weight is 490 g/mol. The van der Waals surface area contributed by atoms with Gasteiger partial charge >= 0.3 is 0 Å². The number of hydrogen-bond acceptors (Lipinski definition) is 7. The summed E-state index contributed by atoms with van der Waals surface area (Å²) in [7, 11) is 0.